The van der Waals surface area contributed by atoms with Crippen molar-refractivity contribution in [3.63, 3.8) is 0 Å². The van der Waals surface area contributed by atoms with E-state index < -0.39 is 0 Å². The first-order valence-corrected chi connectivity index (χ1v) is 9.76. The van der Waals surface area contributed by atoms with Crippen molar-refractivity contribution in [2.24, 2.45) is 0 Å². The van der Waals surface area contributed by atoms with Crippen LogP contribution in [0.5, 0.6) is 0 Å². The molecule has 150 valence electrons. The first kappa shape index (κ1) is 19.3. The molecule has 2 aromatic carbocycles. The first-order valence-electron chi connectivity index (χ1n) is 9.76. The summed E-state index contributed by atoms with van der Waals surface area (Å²) in [5.74, 6) is 0.0184. The van der Waals surface area contributed by atoms with E-state index >= 15 is 0 Å². The molecule has 0 unspecified atom stereocenters. The minimum atomic E-state index is -0.342. The van der Waals surface area contributed by atoms with Gasteiger partial charge in [-0.05, 0) is 49.9 Å². The van der Waals surface area contributed by atoms with Crippen molar-refractivity contribution >= 4 is 5.91 Å². The maximum Gasteiger partial charge on any atom is 0.293 e. The van der Waals surface area contributed by atoms with E-state index in [1.54, 1.807) is 28.8 Å². The summed E-state index contributed by atoms with van der Waals surface area (Å²) in [6.45, 7) is 0. The lowest BCUT2D eigenvalue weighted by atomic mass is 9.92. The molecule has 1 heterocycles. The number of benzene rings is 2. The van der Waals surface area contributed by atoms with E-state index in [0.717, 1.165) is 18.4 Å². The number of aliphatic hydroxyl groups is 1. The SMILES string of the molecule is CN(C(=O)c1nc(-c2ccccc2)n(-c2ccc(F)cc2)n1)C1CCC(O)CC1. The fraction of sp³-hybridized carbons (Fsp3) is 0.318. The highest BCUT2D eigenvalue weighted by Crippen LogP contribution is 2.25. The third-order valence-electron chi connectivity index (χ3n) is 5.44. The van der Waals surface area contributed by atoms with E-state index in [0.29, 0.717) is 24.4 Å². The molecular weight excluding hydrogens is 371 g/mol. The minimum Gasteiger partial charge on any atom is -0.393 e. The van der Waals surface area contributed by atoms with Crippen LogP contribution in [-0.2, 0) is 0 Å². The first-order chi connectivity index (χ1) is 14.0. The van der Waals surface area contributed by atoms with Crippen LogP contribution in [0.4, 0.5) is 4.39 Å². The molecule has 0 atom stereocenters. The van der Waals surface area contributed by atoms with Crippen molar-refractivity contribution in [3.05, 3.63) is 66.2 Å². The third-order valence-corrected chi connectivity index (χ3v) is 5.44. The number of nitrogens with zero attached hydrogens (tertiary/aromatic N) is 4. The fourth-order valence-corrected chi connectivity index (χ4v) is 3.71. The molecule has 1 fully saturated rings. The molecule has 6 nitrogen and oxygen atoms in total. The van der Waals surface area contributed by atoms with Gasteiger partial charge in [0.2, 0.25) is 5.82 Å². The number of carbonyl (C=O) groups is 1. The van der Waals surface area contributed by atoms with E-state index in [4.69, 9.17) is 0 Å². The van der Waals surface area contributed by atoms with Crippen LogP contribution in [-0.4, -0.2) is 49.9 Å². The second-order valence-electron chi connectivity index (χ2n) is 7.39. The van der Waals surface area contributed by atoms with Gasteiger partial charge < -0.3 is 10.0 Å². The lowest BCUT2D eigenvalue weighted by Gasteiger charge is -2.32. The van der Waals surface area contributed by atoms with E-state index in [-0.39, 0.29) is 29.7 Å². The van der Waals surface area contributed by atoms with Gasteiger partial charge in [0.1, 0.15) is 5.82 Å². The Balaban J connectivity index is 1.69. The van der Waals surface area contributed by atoms with Gasteiger partial charge in [0.15, 0.2) is 5.82 Å². The number of aliphatic hydroxyl groups excluding tert-OH is 1. The van der Waals surface area contributed by atoms with Crippen LogP contribution in [0.15, 0.2) is 54.6 Å². The summed E-state index contributed by atoms with van der Waals surface area (Å²) in [6.07, 6.45) is 2.61. The van der Waals surface area contributed by atoms with Gasteiger partial charge in [0.05, 0.1) is 11.8 Å². The van der Waals surface area contributed by atoms with Gasteiger partial charge in [-0.3, -0.25) is 4.79 Å². The summed E-state index contributed by atoms with van der Waals surface area (Å²) in [5.41, 5.74) is 1.44. The monoisotopic (exact) mass is 394 g/mol. The maximum atomic E-state index is 13.4. The quantitative estimate of drug-likeness (QED) is 0.736. The zero-order chi connectivity index (χ0) is 20.4. The lowest BCUT2D eigenvalue weighted by Crippen LogP contribution is -2.40. The van der Waals surface area contributed by atoms with E-state index in [1.165, 1.54) is 12.1 Å². The molecule has 1 N–H and O–H groups in total. The molecule has 1 aromatic heterocycles. The van der Waals surface area contributed by atoms with Crippen molar-refractivity contribution in [3.8, 4) is 17.1 Å². The molecule has 0 aliphatic heterocycles. The molecule has 4 rings (SSSR count). The van der Waals surface area contributed by atoms with Crippen LogP contribution in [0, 0.1) is 5.82 Å². The normalized spacial score (nSPS) is 19.1. The van der Waals surface area contributed by atoms with Gasteiger partial charge >= 0.3 is 0 Å². The topological polar surface area (TPSA) is 71.2 Å². The fourth-order valence-electron chi connectivity index (χ4n) is 3.71. The third kappa shape index (κ3) is 4.05. The predicted octanol–water partition coefficient (Wildman–Crippen LogP) is 3.45. The summed E-state index contributed by atoms with van der Waals surface area (Å²) in [4.78, 5) is 19.3. The van der Waals surface area contributed by atoms with Gasteiger partial charge in [0, 0.05) is 18.7 Å². The van der Waals surface area contributed by atoms with Crippen molar-refractivity contribution in [2.45, 2.75) is 37.8 Å². The summed E-state index contributed by atoms with van der Waals surface area (Å²) in [6, 6.07) is 15.4. The molecule has 3 aromatic rings. The van der Waals surface area contributed by atoms with Crippen molar-refractivity contribution < 1.29 is 14.3 Å². The molecule has 0 spiro atoms. The smallest absolute Gasteiger partial charge is 0.293 e. The van der Waals surface area contributed by atoms with Gasteiger partial charge in [-0.25, -0.2) is 14.1 Å². The Labute approximate surface area is 168 Å². The van der Waals surface area contributed by atoms with Crippen LogP contribution in [0.3, 0.4) is 0 Å². The van der Waals surface area contributed by atoms with Crippen molar-refractivity contribution in [1.82, 2.24) is 19.7 Å². The second kappa shape index (κ2) is 8.13. The van der Waals surface area contributed by atoms with Crippen molar-refractivity contribution in [2.75, 3.05) is 7.05 Å². The Kier molecular flexibility index (Phi) is 5.40. The number of halogens is 1. The Morgan fingerprint density at radius 1 is 1.07 bits per heavy atom. The number of hydrogen-bond acceptors (Lipinski definition) is 4. The van der Waals surface area contributed by atoms with E-state index in [2.05, 4.69) is 10.1 Å². The summed E-state index contributed by atoms with van der Waals surface area (Å²) < 4.78 is 14.9. The molecule has 1 aliphatic carbocycles. The molecule has 1 saturated carbocycles. The lowest BCUT2D eigenvalue weighted by molar-refractivity contribution is 0.0559. The summed E-state index contributed by atoms with van der Waals surface area (Å²) in [7, 11) is 1.76. The molecule has 29 heavy (non-hydrogen) atoms. The van der Waals surface area contributed by atoms with Crippen LogP contribution < -0.4 is 0 Å². The van der Waals surface area contributed by atoms with Crippen LogP contribution in [0.2, 0.25) is 0 Å². The number of aromatic nitrogens is 3. The molecule has 7 heteroatoms. The second-order valence-corrected chi connectivity index (χ2v) is 7.39. The Morgan fingerprint density at radius 2 is 1.72 bits per heavy atom. The number of hydrogen-bond donors (Lipinski definition) is 1. The van der Waals surface area contributed by atoms with Gasteiger partial charge in [-0.15, -0.1) is 5.10 Å². The zero-order valence-electron chi connectivity index (χ0n) is 16.2. The van der Waals surface area contributed by atoms with Crippen molar-refractivity contribution in [1.29, 1.82) is 0 Å². The molecule has 1 aliphatic rings. The molecular formula is C22H23FN4O2. The van der Waals surface area contributed by atoms with Crippen LogP contribution >= 0.6 is 0 Å². The number of amides is 1. The predicted molar refractivity (Wildman–Crippen MR) is 107 cm³/mol. The number of carbonyl (C=O) groups excluding carboxylic acids is 1. The van der Waals surface area contributed by atoms with Gasteiger partial charge in [0.25, 0.3) is 5.91 Å². The average molecular weight is 394 g/mol. The van der Waals surface area contributed by atoms with Gasteiger partial charge in [-0.1, -0.05) is 30.3 Å². The Bertz CT molecular complexity index is 980. The van der Waals surface area contributed by atoms with Crippen LogP contribution in [0.25, 0.3) is 17.1 Å². The standard InChI is InChI=1S/C22H23FN4O2/c1-26(17-11-13-19(28)14-12-17)22(29)20-24-21(15-5-3-2-4-6-15)27(25-20)18-9-7-16(23)8-10-18/h2-10,17,19,28H,11-14H2,1H3. The Morgan fingerprint density at radius 3 is 2.38 bits per heavy atom. The zero-order valence-corrected chi connectivity index (χ0v) is 16.2. The molecule has 0 bridgehead atoms. The molecule has 1 amide bonds. The highest BCUT2D eigenvalue weighted by atomic mass is 19.1. The van der Waals surface area contributed by atoms with Gasteiger partial charge in [-0.2, -0.15) is 0 Å². The highest BCUT2D eigenvalue weighted by molar-refractivity contribution is 5.91. The maximum absolute atomic E-state index is 13.4. The largest absolute Gasteiger partial charge is 0.393 e. The Hall–Kier alpha value is -3.06. The van der Waals surface area contributed by atoms with Crippen LogP contribution in [0.1, 0.15) is 36.3 Å². The number of rotatable bonds is 4. The highest BCUT2D eigenvalue weighted by Gasteiger charge is 2.29. The van der Waals surface area contributed by atoms with E-state index in [9.17, 15) is 14.3 Å². The average Bonchev–Trinajstić information content (AvgIpc) is 3.20. The minimum absolute atomic E-state index is 0.0591. The molecule has 0 radical (unpaired) electrons. The van der Waals surface area contributed by atoms with E-state index in [1.807, 2.05) is 30.3 Å². The molecule has 0 saturated heterocycles. The summed E-state index contributed by atoms with van der Waals surface area (Å²) in [5, 5.41) is 14.2. The summed E-state index contributed by atoms with van der Waals surface area (Å²) >= 11 is 0.